The van der Waals surface area contributed by atoms with Crippen LogP contribution in [0.5, 0.6) is 0 Å². The molecule has 2 aromatic rings. The highest BCUT2D eigenvalue weighted by atomic mass is 35.5. The van der Waals surface area contributed by atoms with Gasteiger partial charge in [0.05, 0.1) is 21.3 Å². The molecule has 1 aromatic heterocycles. The van der Waals surface area contributed by atoms with Gasteiger partial charge in [-0.1, -0.05) is 6.07 Å². The maximum atomic E-state index is 12.2. The zero-order chi connectivity index (χ0) is 13.1. The van der Waals surface area contributed by atoms with Gasteiger partial charge in [-0.15, -0.1) is 23.7 Å². The van der Waals surface area contributed by atoms with E-state index in [1.54, 1.807) is 5.51 Å². The Bertz CT molecular complexity index is 581. The van der Waals surface area contributed by atoms with Crippen LogP contribution in [0.2, 0.25) is 0 Å². The number of thiazole rings is 1. The number of hydrogen-bond donors (Lipinski definition) is 1. The van der Waals surface area contributed by atoms with Gasteiger partial charge < -0.3 is 10.2 Å². The summed E-state index contributed by atoms with van der Waals surface area (Å²) in [6, 6.07) is 5.69. The molecule has 0 aliphatic carbocycles. The maximum Gasteiger partial charge on any atom is 0.252 e. The Morgan fingerprint density at radius 3 is 2.95 bits per heavy atom. The Kier molecular flexibility index (Phi) is 5.34. The summed E-state index contributed by atoms with van der Waals surface area (Å²) in [5.41, 5.74) is 3.42. The van der Waals surface area contributed by atoms with Gasteiger partial charge >= 0.3 is 0 Å². The number of aromatic nitrogens is 1. The Morgan fingerprint density at radius 1 is 1.35 bits per heavy atom. The van der Waals surface area contributed by atoms with E-state index in [0.717, 1.165) is 22.3 Å². The molecular formula is C14H18ClN3OS. The second kappa shape index (κ2) is 7.02. The van der Waals surface area contributed by atoms with E-state index in [0.29, 0.717) is 6.54 Å². The lowest BCUT2D eigenvalue weighted by Gasteiger charge is -2.14. The molecule has 0 bridgehead atoms. The fraction of sp³-hybridized carbons (Fsp3) is 0.429. The van der Waals surface area contributed by atoms with Gasteiger partial charge in [-0.05, 0) is 38.1 Å². The fourth-order valence-corrected chi connectivity index (χ4v) is 3.29. The van der Waals surface area contributed by atoms with Crippen LogP contribution in [0, 0.1) is 0 Å². The molecule has 1 amide bonds. The van der Waals surface area contributed by atoms with Gasteiger partial charge in [0.15, 0.2) is 0 Å². The molecule has 0 radical (unpaired) electrons. The number of amides is 1. The summed E-state index contributed by atoms with van der Waals surface area (Å²) < 4.78 is 0.973. The van der Waals surface area contributed by atoms with E-state index < -0.39 is 0 Å². The van der Waals surface area contributed by atoms with Crippen LogP contribution < -0.4 is 5.32 Å². The van der Waals surface area contributed by atoms with Crippen LogP contribution in [0.4, 0.5) is 0 Å². The molecule has 1 aliphatic rings. The molecule has 0 saturated carbocycles. The normalized spacial score (nSPS) is 15.2. The van der Waals surface area contributed by atoms with Crippen molar-refractivity contribution in [2.75, 3.05) is 26.2 Å². The lowest BCUT2D eigenvalue weighted by molar-refractivity contribution is 0.0951. The molecule has 4 nitrogen and oxygen atoms in total. The molecule has 0 atom stereocenters. The van der Waals surface area contributed by atoms with Gasteiger partial charge in [-0.2, -0.15) is 0 Å². The highest BCUT2D eigenvalue weighted by molar-refractivity contribution is 7.17. The summed E-state index contributed by atoms with van der Waals surface area (Å²) in [7, 11) is 0. The average Bonchev–Trinajstić information content (AvgIpc) is 3.08. The third-order valence-electron chi connectivity index (χ3n) is 3.51. The monoisotopic (exact) mass is 311 g/mol. The highest BCUT2D eigenvalue weighted by Gasteiger charge is 2.13. The highest BCUT2D eigenvalue weighted by Crippen LogP contribution is 2.21. The van der Waals surface area contributed by atoms with E-state index in [2.05, 4.69) is 15.2 Å². The number of carbonyl (C=O) groups excluding carboxylic acids is 1. The second-order valence-corrected chi connectivity index (χ2v) is 5.67. The van der Waals surface area contributed by atoms with Gasteiger partial charge in [-0.3, -0.25) is 4.79 Å². The minimum absolute atomic E-state index is 0. The molecule has 1 N–H and O–H groups in total. The van der Waals surface area contributed by atoms with Crippen molar-refractivity contribution in [1.82, 2.24) is 15.2 Å². The molecule has 0 unspecified atom stereocenters. The maximum absolute atomic E-state index is 12.2. The van der Waals surface area contributed by atoms with Crippen LogP contribution in [0.15, 0.2) is 23.7 Å². The van der Waals surface area contributed by atoms with Crippen LogP contribution in [0.3, 0.4) is 0 Å². The predicted octanol–water partition coefficient (Wildman–Crippen LogP) is 2.54. The van der Waals surface area contributed by atoms with E-state index in [9.17, 15) is 4.79 Å². The van der Waals surface area contributed by atoms with Gasteiger partial charge in [0.25, 0.3) is 5.91 Å². The number of nitrogens with one attached hydrogen (secondary N) is 1. The summed E-state index contributed by atoms with van der Waals surface area (Å²) in [6.07, 6.45) is 2.57. The van der Waals surface area contributed by atoms with E-state index in [4.69, 9.17) is 0 Å². The van der Waals surface area contributed by atoms with Crippen molar-refractivity contribution in [1.29, 1.82) is 0 Å². The summed E-state index contributed by atoms with van der Waals surface area (Å²) >= 11 is 1.52. The minimum atomic E-state index is 0. The van der Waals surface area contributed by atoms with Crippen LogP contribution >= 0.6 is 23.7 Å². The first-order valence-corrected chi connectivity index (χ1v) is 7.55. The third kappa shape index (κ3) is 3.29. The summed E-state index contributed by atoms with van der Waals surface area (Å²) in [4.78, 5) is 18.8. The summed E-state index contributed by atoms with van der Waals surface area (Å²) in [5, 5.41) is 3.01. The van der Waals surface area contributed by atoms with Gasteiger partial charge in [0.2, 0.25) is 0 Å². The topological polar surface area (TPSA) is 45.2 Å². The van der Waals surface area contributed by atoms with Crippen LogP contribution in [-0.2, 0) is 0 Å². The van der Waals surface area contributed by atoms with Crippen molar-refractivity contribution >= 4 is 39.9 Å². The first kappa shape index (κ1) is 15.2. The fourth-order valence-electron chi connectivity index (χ4n) is 2.49. The smallest absolute Gasteiger partial charge is 0.252 e. The average molecular weight is 312 g/mol. The van der Waals surface area contributed by atoms with E-state index in [-0.39, 0.29) is 18.3 Å². The Morgan fingerprint density at radius 2 is 2.15 bits per heavy atom. The number of likely N-dealkylation sites (tertiary alicyclic amines) is 1. The van der Waals surface area contributed by atoms with Crippen LogP contribution in [-0.4, -0.2) is 42.0 Å². The molecular weight excluding hydrogens is 294 g/mol. The zero-order valence-corrected chi connectivity index (χ0v) is 12.8. The molecule has 1 saturated heterocycles. The van der Waals surface area contributed by atoms with Crippen molar-refractivity contribution in [3.8, 4) is 0 Å². The number of hydrogen-bond acceptors (Lipinski definition) is 4. The number of rotatable bonds is 4. The number of carbonyl (C=O) groups is 1. The first-order valence-electron chi connectivity index (χ1n) is 6.67. The predicted molar refractivity (Wildman–Crippen MR) is 84.9 cm³/mol. The SMILES string of the molecule is Cl.O=C(NCCN1CCCC1)c1cccc2ncsc12. The standard InChI is InChI=1S/C14H17N3OS.ClH/c18-14(15-6-9-17-7-1-2-8-17)11-4-3-5-12-13(11)19-10-16-12;/h3-5,10H,1-2,6-9H2,(H,15,18);1H. The molecule has 1 aliphatic heterocycles. The van der Waals surface area contributed by atoms with E-state index in [1.165, 1.54) is 37.3 Å². The lowest BCUT2D eigenvalue weighted by atomic mass is 10.2. The lowest BCUT2D eigenvalue weighted by Crippen LogP contribution is -2.33. The van der Waals surface area contributed by atoms with Crippen molar-refractivity contribution in [2.24, 2.45) is 0 Å². The number of fused-ring (bicyclic) bond motifs is 1. The Labute approximate surface area is 128 Å². The van der Waals surface area contributed by atoms with Crippen LogP contribution in [0.25, 0.3) is 10.2 Å². The second-order valence-electron chi connectivity index (χ2n) is 4.81. The summed E-state index contributed by atoms with van der Waals surface area (Å²) in [5.74, 6) is 0.00838. The number of halogens is 1. The van der Waals surface area contributed by atoms with Crippen LogP contribution in [0.1, 0.15) is 23.2 Å². The molecule has 2 heterocycles. The minimum Gasteiger partial charge on any atom is -0.351 e. The van der Waals surface area contributed by atoms with Gasteiger partial charge in [0, 0.05) is 13.1 Å². The van der Waals surface area contributed by atoms with E-state index >= 15 is 0 Å². The van der Waals surface area contributed by atoms with Crippen molar-refractivity contribution in [2.45, 2.75) is 12.8 Å². The third-order valence-corrected chi connectivity index (χ3v) is 4.39. The molecule has 0 spiro atoms. The Hall–Kier alpha value is -1.17. The summed E-state index contributed by atoms with van der Waals surface area (Å²) in [6.45, 7) is 4.00. The van der Waals surface area contributed by atoms with E-state index in [1.807, 2.05) is 18.2 Å². The molecule has 6 heteroatoms. The zero-order valence-electron chi connectivity index (χ0n) is 11.2. The largest absolute Gasteiger partial charge is 0.351 e. The molecule has 3 rings (SSSR count). The number of nitrogens with zero attached hydrogens (tertiary/aromatic N) is 2. The van der Waals surface area contributed by atoms with Gasteiger partial charge in [0.1, 0.15) is 0 Å². The van der Waals surface area contributed by atoms with Crippen molar-refractivity contribution < 1.29 is 4.79 Å². The molecule has 20 heavy (non-hydrogen) atoms. The van der Waals surface area contributed by atoms with Crippen molar-refractivity contribution in [3.63, 3.8) is 0 Å². The van der Waals surface area contributed by atoms with Gasteiger partial charge in [-0.25, -0.2) is 4.98 Å². The molecule has 108 valence electrons. The molecule has 1 aromatic carbocycles. The first-order chi connectivity index (χ1) is 9.34. The Balaban J connectivity index is 0.00000147. The quantitative estimate of drug-likeness (QED) is 0.944. The van der Waals surface area contributed by atoms with Crippen molar-refractivity contribution in [3.05, 3.63) is 29.3 Å². The molecule has 1 fully saturated rings. The number of benzene rings is 1.